The highest BCUT2D eigenvalue weighted by Crippen LogP contribution is 2.30. The van der Waals surface area contributed by atoms with Crippen molar-refractivity contribution in [1.29, 1.82) is 0 Å². The Kier molecular flexibility index (Phi) is 3.99. The van der Waals surface area contributed by atoms with E-state index in [-0.39, 0.29) is 13.2 Å². The quantitative estimate of drug-likeness (QED) is 0.771. The first kappa shape index (κ1) is 13.1. The molecule has 4 heteroatoms. The zero-order chi connectivity index (χ0) is 13.0. The van der Waals surface area contributed by atoms with Crippen molar-refractivity contribution in [1.82, 2.24) is 0 Å². The molecule has 1 aliphatic rings. The first-order valence-corrected chi connectivity index (χ1v) is 5.95. The van der Waals surface area contributed by atoms with Gasteiger partial charge in [-0.3, -0.25) is 0 Å². The summed E-state index contributed by atoms with van der Waals surface area (Å²) in [5, 5.41) is 0. The van der Waals surface area contributed by atoms with Crippen molar-refractivity contribution in [2.45, 2.75) is 18.9 Å². The van der Waals surface area contributed by atoms with Gasteiger partial charge in [-0.2, -0.15) is 0 Å². The molecule has 0 radical (unpaired) electrons. The van der Waals surface area contributed by atoms with Crippen LogP contribution in [0.3, 0.4) is 0 Å². The van der Waals surface area contributed by atoms with Crippen LogP contribution in [-0.4, -0.2) is 25.5 Å². The zero-order valence-electron chi connectivity index (χ0n) is 10.4. The van der Waals surface area contributed by atoms with Gasteiger partial charge in [0.1, 0.15) is 5.75 Å². The van der Waals surface area contributed by atoms with Gasteiger partial charge in [0.05, 0.1) is 19.8 Å². The first-order chi connectivity index (χ1) is 8.67. The number of benzene rings is 1. The molecule has 0 atom stereocenters. The average molecular weight is 252 g/mol. The van der Waals surface area contributed by atoms with Gasteiger partial charge in [0.25, 0.3) is 0 Å². The molecule has 1 fully saturated rings. The van der Waals surface area contributed by atoms with Gasteiger partial charge in [-0.05, 0) is 19.1 Å². The molecular weight excluding hydrogens is 235 g/mol. The van der Waals surface area contributed by atoms with E-state index in [0.29, 0.717) is 6.61 Å². The molecule has 0 amide bonds. The Balaban J connectivity index is 1.99. The van der Waals surface area contributed by atoms with E-state index in [1.54, 1.807) is 0 Å². The molecule has 1 saturated heterocycles. The first-order valence-electron chi connectivity index (χ1n) is 5.95. The van der Waals surface area contributed by atoms with E-state index in [1.807, 2.05) is 31.2 Å². The van der Waals surface area contributed by atoms with Gasteiger partial charge >= 0.3 is 0 Å². The highest BCUT2D eigenvalue weighted by atomic mass is 19.1. The van der Waals surface area contributed by atoms with Gasteiger partial charge in [0, 0.05) is 5.56 Å². The molecule has 0 N–H and O–H groups in total. The van der Waals surface area contributed by atoms with Crippen LogP contribution >= 0.6 is 0 Å². The van der Waals surface area contributed by atoms with Crippen LogP contribution in [0.25, 0.3) is 0 Å². The van der Waals surface area contributed by atoms with Crippen molar-refractivity contribution >= 4 is 0 Å². The lowest BCUT2D eigenvalue weighted by atomic mass is 10.1. The second-order valence-corrected chi connectivity index (χ2v) is 4.19. The summed E-state index contributed by atoms with van der Waals surface area (Å²) in [4.78, 5) is 0. The second kappa shape index (κ2) is 5.50. The Labute approximate surface area is 106 Å². The van der Waals surface area contributed by atoms with Gasteiger partial charge in [0.2, 0.25) is 0 Å². The molecule has 1 aromatic carbocycles. The highest BCUT2D eigenvalue weighted by molar-refractivity contribution is 5.28. The zero-order valence-corrected chi connectivity index (χ0v) is 10.4. The molecule has 98 valence electrons. The third kappa shape index (κ3) is 2.89. The Morgan fingerprint density at radius 3 is 2.50 bits per heavy atom. The number of rotatable bonds is 4. The van der Waals surface area contributed by atoms with E-state index in [1.165, 1.54) is 6.08 Å². The number of hydrogen-bond donors (Lipinski definition) is 0. The minimum atomic E-state index is -1.58. The predicted octanol–water partition coefficient (Wildman–Crippen LogP) is 3.03. The van der Waals surface area contributed by atoms with Crippen molar-refractivity contribution in [3.8, 4) is 5.75 Å². The molecule has 1 aliphatic heterocycles. The molecule has 0 spiro atoms. The van der Waals surface area contributed by atoms with Crippen LogP contribution in [0.1, 0.15) is 18.8 Å². The molecule has 1 heterocycles. The minimum Gasteiger partial charge on any atom is -0.494 e. The second-order valence-electron chi connectivity index (χ2n) is 4.19. The molecular formula is C14H17FO3. The lowest BCUT2D eigenvalue weighted by molar-refractivity contribution is -0.226. The fraction of sp³-hybridized carbons (Fsp3) is 0.429. The summed E-state index contributed by atoms with van der Waals surface area (Å²) in [6.07, 6.45) is 0.700. The van der Waals surface area contributed by atoms with Crippen LogP contribution in [0.5, 0.6) is 5.75 Å². The number of halogens is 1. The van der Waals surface area contributed by atoms with Crippen LogP contribution in [0, 0.1) is 0 Å². The number of alkyl halides is 1. The average Bonchev–Trinajstić information content (AvgIpc) is 2.41. The molecule has 1 aromatic rings. The highest BCUT2D eigenvalue weighted by Gasteiger charge is 2.34. The van der Waals surface area contributed by atoms with Gasteiger partial charge < -0.3 is 14.2 Å². The van der Waals surface area contributed by atoms with Crippen LogP contribution in [0.4, 0.5) is 4.39 Å². The standard InChI is InChI=1S/C14H17FO3/c1-3-14(15)9-17-13(18-10-14)11-5-7-12(8-6-11)16-4-2/h3,5-8,13H,1,4,9-10H2,2H3. The third-order valence-corrected chi connectivity index (χ3v) is 2.78. The molecule has 0 bridgehead atoms. The van der Waals surface area contributed by atoms with Gasteiger partial charge in [0.15, 0.2) is 12.0 Å². The van der Waals surface area contributed by atoms with Crippen molar-refractivity contribution in [2.24, 2.45) is 0 Å². The maximum atomic E-state index is 13.8. The lowest BCUT2D eigenvalue weighted by Crippen LogP contribution is -2.39. The topological polar surface area (TPSA) is 27.7 Å². The van der Waals surface area contributed by atoms with Crippen LogP contribution in [-0.2, 0) is 9.47 Å². The van der Waals surface area contributed by atoms with Crippen molar-refractivity contribution in [2.75, 3.05) is 19.8 Å². The Hall–Kier alpha value is -1.39. The van der Waals surface area contributed by atoms with Crippen molar-refractivity contribution < 1.29 is 18.6 Å². The summed E-state index contributed by atoms with van der Waals surface area (Å²) < 4.78 is 29.8. The molecule has 18 heavy (non-hydrogen) atoms. The normalized spacial score (nSPS) is 27.8. The van der Waals surface area contributed by atoms with Crippen LogP contribution < -0.4 is 4.74 Å². The van der Waals surface area contributed by atoms with Gasteiger partial charge in [-0.25, -0.2) is 4.39 Å². The van der Waals surface area contributed by atoms with E-state index in [9.17, 15) is 4.39 Å². The van der Waals surface area contributed by atoms with Crippen LogP contribution in [0.2, 0.25) is 0 Å². The maximum Gasteiger partial charge on any atom is 0.184 e. The van der Waals surface area contributed by atoms with E-state index >= 15 is 0 Å². The summed E-state index contributed by atoms with van der Waals surface area (Å²) >= 11 is 0. The lowest BCUT2D eigenvalue weighted by Gasteiger charge is -2.32. The summed E-state index contributed by atoms with van der Waals surface area (Å²) in [5.41, 5.74) is -0.730. The summed E-state index contributed by atoms with van der Waals surface area (Å²) in [7, 11) is 0. The van der Waals surface area contributed by atoms with E-state index < -0.39 is 12.0 Å². The van der Waals surface area contributed by atoms with Crippen LogP contribution in [0.15, 0.2) is 36.9 Å². The molecule has 0 saturated carbocycles. The molecule has 0 aliphatic carbocycles. The van der Waals surface area contributed by atoms with Gasteiger partial charge in [-0.1, -0.05) is 24.8 Å². The SMILES string of the molecule is C=CC1(F)COC(c2ccc(OCC)cc2)OC1. The Morgan fingerprint density at radius 1 is 1.39 bits per heavy atom. The van der Waals surface area contributed by atoms with Gasteiger partial charge in [-0.15, -0.1) is 0 Å². The summed E-state index contributed by atoms with van der Waals surface area (Å²) in [6, 6.07) is 7.40. The Morgan fingerprint density at radius 2 is 2.00 bits per heavy atom. The van der Waals surface area contributed by atoms with Crippen molar-refractivity contribution in [3.05, 3.63) is 42.5 Å². The maximum absolute atomic E-state index is 13.8. The van der Waals surface area contributed by atoms with E-state index in [0.717, 1.165) is 11.3 Å². The van der Waals surface area contributed by atoms with Crippen molar-refractivity contribution in [3.63, 3.8) is 0 Å². The number of ether oxygens (including phenoxy) is 3. The molecule has 2 rings (SSSR count). The van der Waals surface area contributed by atoms with E-state index in [2.05, 4.69) is 6.58 Å². The summed E-state index contributed by atoms with van der Waals surface area (Å²) in [5.74, 6) is 0.794. The smallest absolute Gasteiger partial charge is 0.184 e. The largest absolute Gasteiger partial charge is 0.494 e. The summed E-state index contributed by atoms with van der Waals surface area (Å²) in [6.45, 7) is 5.92. The predicted molar refractivity (Wildman–Crippen MR) is 66.3 cm³/mol. The fourth-order valence-corrected chi connectivity index (χ4v) is 1.72. The monoisotopic (exact) mass is 252 g/mol. The minimum absolute atomic E-state index is 0.0334. The molecule has 3 nitrogen and oxygen atoms in total. The van der Waals surface area contributed by atoms with E-state index in [4.69, 9.17) is 14.2 Å². The Bertz CT molecular complexity index is 394. The number of hydrogen-bond acceptors (Lipinski definition) is 3. The molecule has 0 unspecified atom stereocenters. The molecule has 0 aromatic heterocycles. The fourth-order valence-electron chi connectivity index (χ4n) is 1.72. The third-order valence-electron chi connectivity index (χ3n) is 2.78.